The first-order valence-corrected chi connectivity index (χ1v) is 6.65. The molecule has 0 saturated heterocycles. The van der Waals surface area contributed by atoms with Crippen LogP contribution in [0.1, 0.15) is 5.56 Å². The van der Waals surface area contributed by atoms with Crippen molar-refractivity contribution < 1.29 is 24.6 Å². The van der Waals surface area contributed by atoms with E-state index in [-0.39, 0.29) is 13.0 Å². The number of nitrogens with two attached hydrogens (primary N) is 1. The Kier molecular flexibility index (Phi) is 7.00. The topological polar surface area (TPSA) is 142 Å². The Bertz CT molecular complexity index is 520. The maximum Gasteiger partial charge on any atom is 0.328 e. The van der Waals surface area contributed by atoms with Crippen LogP contribution in [0.5, 0.6) is 0 Å². The van der Waals surface area contributed by atoms with Crippen LogP contribution in [0.15, 0.2) is 30.3 Å². The van der Waals surface area contributed by atoms with E-state index in [9.17, 15) is 14.4 Å². The third-order valence-electron chi connectivity index (χ3n) is 2.92. The van der Waals surface area contributed by atoms with E-state index in [1.165, 1.54) is 0 Å². The molecule has 2 amide bonds. The molecule has 0 aliphatic carbocycles. The summed E-state index contributed by atoms with van der Waals surface area (Å²) in [6, 6.07) is 6.51. The number of aliphatic hydroxyl groups is 1. The molecule has 0 spiro atoms. The monoisotopic (exact) mass is 309 g/mol. The number of aliphatic hydroxyl groups excluding tert-OH is 1. The normalized spacial score (nSPS) is 13.0. The number of rotatable bonds is 8. The predicted octanol–water partition coefficient (Wildman–Crippen LogP) is -1.77. The van der Waals surface area contributed by atoms with E-state index in [4.69, 9.17) is 15.9 Å². The van der Waals surface area contributed by atoms with Gasteiger partial charge < -0.3 is 26.6 Å². The first kappa shape index (κ1) is 17.6. The van der Waals surface area contributed by atoms with Crippen LogP contribution >= 0.6 is 0 Å². The minimum atomic E-state index is -1.43. The van der Waals surface area contributed by atoms with Gasteiger partial charge in [-0.15, -0.1) is 0 Å². The van der Waals surface area contributed by atoms with Crippen LogP contribution in [0.2, 0.25) is 0 Å². The van der Waals surface area contributed by atoms with Gasteiger partial charge in [0, 0.05) is 6.42 Å². The van der Waals surface area contributed by atoms with E-state index in [0.717, 1.165) is 5.56 Å². The Hall–Kier alpha value is -2.45. The Morgan fingerprint density at radius 1 is 1.09 bits per heavy atom. The molecule has 0 heterocycles. The Balaban J connectivity index is 2.82. The standard InChI is InChI=1S/C14H19N3O5/c15-7-12(19)16-10(6-9-4-2-1-3-5-9)13(20)17-11(8-18)14(21)22/h1-5,10-11,18H,6-8,15H2,(H,16,19)(H,17,20)(H,21,22). The molecule has 0 fully saturated rings. The van der Waals surface area contributed by atoms with Gasteiger partial charge in [-0.3, -0.25) is 9.59 Å². The number of carboxylic acids is 1. The van der Waals surface area contributed by atoms with Gasteiger partial charge in [0.15, 0.2) is 0 Å². The van der Waals surface area contributed by atoms with Crippen molar-refractivity contribution in [2.75, 3.05) is 13.2 Å². The molecule has 1 aromatic carbocycles. The molecule has 0 aliphatic rings. The quantitative estimate of drug-likeness (QED) is 0.385. The number of hydrogen-bond donors (Lipinski definition) is 5. The number of carbonyl (C=O) groups is 3. The molecule has 22 heavy (non-hydrogen) atoms. The number of benzene rings is 1. The first-order valence-electron chi connectivity index (χ1n) is 6.65. The molecule has 2 unspecified atom stereocenters. The molecule has 8 nitrogen and oxygen atoms in total. The molecular weight excluding hydrogens is 290 g/mol. The summed E-state index contributed by atoms with van der Waals surface area (Å²) in [4.78, 5) is 34.4. The lowest BCUT2D eigenvalue weighted by Crippen LogP contribution is -2.54. The van der Waals surface area contributed by atoms with Gasteiger partial charge >= 0.3 is 5.97 Å². The first-order chi connectivity index (χ1) is 10.5. The fourth-order valence-electron chi connectivity index (χ4n) is 1.77. The summed E-state index contributed by atoms with van der Waals surface area (Å²) >= 11 is 0. The van der Waals surface area contributed by atoms with E-state index < -0.39 is 36.5 Å². The molecule has 1 aromatic rings. The fourth-order valence-corrected chi connectivity index (χ4v) is 1.77. The molecule has 0 bridgehead atoms. The molecule has 120 valence electrons. The zero-order valence-electron chi connectivity index (χ0n) is 11.9. The highest BCUT2D eigenvalue weighted by molar-refractivity contribution is 5.91. The van der Waals surface area contributed by atoms with Crippen molar-refractivity contribution in [3.05, 3.63) is 35.9 Å². The molecule has 6 N–H and O–H groups in total. The van der Waals surface area contributed by atoms with Gasteiger partial charge in [0.05, 0.1) is 13.2 Å². The molecule has 0 aromatic heterocycles. The maximum atomic E-state index is 12.1. The Labute approximate surface area is 127 Å². The van der Waals surface area contributed by atoms with Crippen molar-refractivity contribution in [1.82, 2.24) is 10.6 Å². The molecule has 0 radical (unpaired) electrons. The summed E-state index contributed by atoms with van der Waals surface area (Å²) in [7, 11) is 0. The zero-order chi connectivity index (χ0) is 16.5. The van der Waals surface area contributed by atoms with E-state index in [1.54, 1.807) is 24.3 Å². The number of carboxylic acid groups (broad SMARTS) is 1. The van der Waals surface area contributed by atoms with E-state index in [1.807, 2.05) is 6.07 Å². The third-order valence-corrected chi connectivity index (χ3v) is 2.92. The Morgan fingerprint density at radius 3 is 2.23 bits per heavy atom. The second kappa shape index (κ2) is 8.75. The van der Waals surface area contributed by atoms with Gasteiger partial charge in [-0.1, -0.05) is 30.3 Å². The van der Waals surface area contributed by atoms with Crippen LogP contribution in [0.25, 0.3) is 0 Å². The lowest BCUT2D eigenvalue weighted by Gasteiger charge is -2.20. The van der Waals surface area contributed by atoms with Crippen molar-refractivity contribution in [3.8, 4) is 0 Å². The second-order valence-corrected chi connectivity index (χ2v) is 4.60. The van der Waals surface area contributed by atoms with Crippen LogP contribution in [0, 0.1) is 0 Å². The van der Waals surface area contributed by atoms with Crippen LogP contribution < -0.4 is 16.4 Å². The summed E-state index contributed by atoms with van der Waals surface area (Å²) in [6.07, 6.45) is 0.177. The summed E-state index contributed by atoms with van der Waals surface area (Å²) in [5, 5.41) is 22.4. The van der Waals surface area contributed by atoms with E-state index >= 15 is 0 Å². The Morgan fingerprint density at radius 2 is 1.73 bits per heavy atom. The highest BCUT2D eigenvalue weighted by Crippen LogP contribution is 2.04. The number of amides is 2. The maximum absolute atomic E-state index is 12.1. The molecule has 2 atom stereocenters. The average molecular weight is 309 g/mol. The minimum absolute atomic E-state index is 0.177. The molecule has 0 saturated carbocycles. The van der Waals surface area contributed by atoms with E-state index in [2.05, 4.69) is 10.6 Å². The summed E-state index contributed by atoms with van der Waals surface area (Å²) in [5.74, 6) is -2.60. The molecular formula is C14H19N3O5. The SMILES string of the molecule is NCC(=O)NC(Cc1ccccc1)C(=O)NC(CO)C(=O)O. The minimum Gasteiger partial charge on any atom is -0.480 e. The predicted molar refractivity (Wildman–Crippen MR) is 77.8 cm³/mol. The van der Waals surface area contributed by atoms with Crippen LogP contribution in [0.4, 0.5) is 0 Å². The number of nitrogens with one attached hydrogen (secondary N) is 2. The highest BCUT2D eigenvalue weighted by Gasteiger charge is 2.26. The van der Waals surface area contributed by atoms with Gasteiger partial charge in [0.1, 0.15) is 12.1 Å². The molecule has 0 aliphatic heterocycles. The van der Waals surface area contributed by atoms with Crippen molar-refractivity contribution in [2.45, 2.75) is 18.5 Å². The average Bonchev–Trinajstić information content (AvgIpc) is 2.52. The zero-order valence-corrected chi connectivity index (χ0v) is 11.9. The highest BCUT2D eigenvalue weighted by atomic mass is 16.4. The van der Waals surface area contributed by atoms with Gasteiger partial charge in [-0.2, -0.15) is 0 Å². The van der Waals surface area contributed by atoms with Crippen molar-refractivity contribution in [1.29, 1.82) is 0 Å². The number of aliphatic carboxylic acids is 1. The smallest absolute Gasteiger partial charge is 0.328 e. The summed E-state index contributed by atoms with van der Waals surface area (Å²) in [6.45, 7) is -1.04. The summed E-state index contributed by atoms with van der Waals surface area (Å²) in [5.41, 5.74) is 6.00. The molecule has 1 rings (SSSR count). The lowest BCUT2D eigenvalue weighted by atomic mass is 10.0. The van der Waals surface area contributed by atoms with Crippen molar-refractivity contribution in [2.24, 2.45) is 5.73 Å². The van der Waals surface area contributed by atoms with Crippen molar-refractivity contribution in [3.63, 3.8) is 0 Å². The van der Waals surface area contributed by atoms with Gasteiger partial charge in [0.25, 0.3) is 0 Å². The third kappa shape index (κ3) is 5.51. The van der Waals surface area contributed by atoms with Crippen LogP contribution in [-0.4, -0.2) is 53.2 Å². The van der Waals surface area contributed by atoms with Gasteiger partial charge in [-0.25, -0.2) is 4.79 Å². The van der Waals surface area contributed by atoms with Crippen LogP contribution in [0.3, 0.4) is 0 Å². The van der Waals surface area contributed by atoms with Crippen LogP contribution in [-0.2, 0) is 20.8 Å². The summed E-state index contributed by atoms with van der Waals surface area (Å²) < 4.78 is 0. The fraction of sp³-hybridized carbons (Fsp3) is 0.357. The lowest BCUT2D eigenvalue weighted by molar-refractivity contribution is -0.143. The second-order valence-electron chi connectivity index (χ2n) is 4.60. The van der Waals surface area contributed by atoms with Gasteiger partial charge in [0.2, 0.25) is 11.8 Å². The number of hydrogen-bond acceptors (Lipinski definition) is 5. The van der Waals surface area contributed by atoms with E-state index in [0.29, 0.717) is 0 Å². The number of carbonyl (C=O) groups excluding carboxylic acids is 2. The molecule has 8 heteroatoms. The van der Waals surface area contributed by atoms with Crippen molar-refractivity contribution >= 4 is 17.8 Å². The van der Waals surface area contributed by atoms with Gasteiger partial charge in [-0.05, 0) is 5.56 Å². The largest absolute Gasteiger partial charge is 0.480 e.